The minimum atomic E-state index is -0.555. The van der Waals surface area contributed by atoms with Crippen LogP contribution in [0, 0.1) is 0 Å². The first-order valence-corrected chi connectivity index (χ1v) is 8.02. The van der Waals surface area contributed by atoms with E-state index in [1.165, 1.54) is 24.5 Å². The number of hydrogen-bond donors (Lipinski definition) is 1. The molecule has 1 aliphatic heterocycles. The van der Waals surface area contributed by atoms with Crippen molar-refractivity contribution in [1.82, 2.24) is 4.98 Å². The van der Waals surface area contributed by atoms with Crippen LogP contribution in [0.5, 0.6) is 0 Å². The Morgan fingerprint density at radius 1 is 1.08 bits per heavy atom. The van der Waals surface area contributed by atoms with Crippen molar-refractivity contribution in [3.63, 3.8) is 0 Å². The maximum atomic E-state index is 11.9. The molecule has 1 fully saturated rings. The van der Waals surface area contributed by atoms with Crippen LogP contribution in [0.2, 0.25) is 0 Å². The molecular weight excluding hydrogens is 322 g/mol. The number of nitrogens with zero attached hydrogens (tertiary/aromatic N) is 2. The Balaban J connectivity index is 1.48. The van der Waals surface area contributed by atoms with E-state index in [0.29, 0.717) is 11.3 Å². The van der Waals surface area contributed by atoms with E-state index >= 15 is 0 Å². The number of morpholine rings is 1. The number of carbonyl (C=O) groups excluding carboxylic acids is 2. The van der Waals surface area contributed by atoms with Gasteiger partial charge in [-0.15, -0.1) is 0 Å². The number of benzene rings is 1. The van der Waals surface area contributed by atoms with Crippen LogP contribution in [0.25, 0.3) is 0 Å². The van der Waals surface area contributed by atoms with Gasteiger partial charge < -0.3 is 19.7 Å². The molecule has 0 aliphatic carbocycles. The number of pyridine rings is 1. The summed E-state index contributed by atoms with van der Waals surface area (Å²) in [5.41, 5.74) is 2.10. The highest BCUT2D eigenvalue weighted by Gasteiger charge is 2.12. The van der Waals surface area contributed by atoms with Gasteiger partial charge in [0.1, 0.15) is 0 Å². The Morgan fingerprint density at radius 3 is 2.44 bits per heavy atom. The van der Waals surface area contributed by atoms with E-state index < -0.39 is 5.97 Å². The van der Waals surface area contributed by atoms with Crippen molar-refractivity contribution in [2.45, 2.75) is 0 Å². The molecule has 3 rings (SSSR count). The number of carbonyl (C=O) groups is 2. The fraction of sp³-hybridized carbons (Fsp3) is 0.278. The maximum Gasteiger partial charge on any atom is 0.338 e. The van der Waals surface area contributed by atoms with Crippen molar-refractivity contribution in [2.75, 3.05) is 43.1 Å². The Kier molecular flexibility index (Phi) is 5.58. The van der Waals surface area contributed by atoms with Gasteiger partial charge in [0.2, 0.25) is 0 Å². The van der Waals surface area contributed by atoms with Crippen molar-refractivity contribution in [3.8, 4) is 0 Å². The second kappa shape index (κ2) is 8.25. The molecule has 0 bridgehead atoms. The molecular formula is C18H19N3O4. The molecule has 130 valence electrons. The average Bonchev–Trinajstić information content (AvgIpc) is 2.68. The number of esters is 1. The third-order valence-corrected chi connectivity index (χ3v) is 3.78. The molecule has 1 aliphatic rings. The van der Waals surface area contributed by atoms with E-state index in [1.54, 1.807) is 0 Å². The minimum absolute atomic E-state index is 0.341. The summed E-state index contributed by atoms with van der Waals surface area (Å²) in [5, 5.41) is 2.71. The molecule has 1 N–H and O–H groups in total. The normalized spacial score (nSPS) is 14.0. The highest BCUT2D eigenvalue weighted by molar-refractivity contribution is 5.95. The van der Waals surface area contributed by atoms with Crippen LogP contribution in [0.15, 0.2) is 48.8 Å². The van der Waals surface area contributed by atoms with Gasteiger partial charge in [-0.1, -0.05) is 0 Å². The summed E-state index contributed by atoms with van der Waals surface area (Å²) in [4.78, 5) is 29.7. The van der Waals surface area contributed by atoms with Gasteiger partial charge >= 0.3 is 5.97 Å². The van der Waals surface area contributed by atoms with Crippen molar-refractivity contribution >= 4 is 23.3 Å². The lowest BCUT2D eigenvalue weighted by Gasteiger charge is -2.28. The number of hydrogen-bond acceptors (Lipinski definition) is 6. The third-order valence-electron chi connectivity index (χ3n) is 3.78. The number of aromatic nitrogens is 1. The number of nitrogens with one attached hydrogen (secondary N) is 1. The van der Waals surface area contributed by atoms with Crippen LogP contribution in [-0.4, -0.2) is 49.8 Å². The molecule has 2 aromatic rings. The summed E-state index contributed by atoms with van der Waals surface area (Å²) >= 11 is 0. The second-order valence-electron chi connectivity index (χ2n) is 5.51. The highest BCUT2D eigenvalue weighted by Crippen LogP contribution is 2.19. The van der Waals surface area contributed by atoms with E-state index in [-0.39, 0.29) is 12.5 Å². The number of amides is 1. The topological polar surface area (TPSA) is 80.8 Å². The summed E-state index contributed by atoms with van der Waals surface area (Å²) in [7, 11) is 0. The zero-order chi connectivity index (χ0) is 17.5. The summed E-state index contributed by atoms with van der Waals surface area (Å²) in [6.45, 7) is 2.82. The first-order chi connectivity index (χ1) is 12.2. The van der Waals surface area contributed by atoms with Gasteiger partial charge in [-0.3, -0.25) is 9.78 Å². The monoisotopic (exact) mass is 341 g/mol. The first kappa shape index (κ1) is 16.9. The second-order valence-corrected chi connectivity index (χ2v) is 5.51. The third kappa shape index (κ3) is 4.77. The molecule has 7 nitrogen and oxygen atoms in total. The Labute approximate surface area is 145 Å². The Bertz CT molecular complexity index is 713. The predicted octanol–water partition coefficient (Wildman–Crippen LogP) is 1.71. The molecule has 0 atom stereocenters. The molecule has 25 heavy (non-hydrogen) atoms. The van der Waals surface area contributed by atoms with E-state index in [9.17, 15) is 9.59 Å². The van der Waals surface area contributed by atoms with Crippen molar-refractivity contribution in [2.24, 2.45) is 0 Å². The van der Waals surface area contributed by atoms with Gasteiger partial charge in [0, 0.05) is 36.9 Å². The van der Waals surface area contributed by atoms with E-state index in [0.717, 1.165) is 32.0 Å². The van der Waals surface area contributed by atoms with Gasteiger partial charge in [-0.05, 0) is 36.4 Å². The first-order valence-electron chi connectivity index (χ1n) is 8.02. The van der Waals surface area contributed by atoms with Crippen LogP contribution < -0.4 is 10.2 Å². The number of rotatable bonds is 5. The smallest absolute Gasteiger partial charge is 0.338 e. The Hall–Kier alpha value is -2.93. The largest absolute Gasteiger partial charge is 0.452 e. The maximum absolute atomic E-state index is 11.9. The van der Waals surface area contributed by atoms with Crippen LogP contribution >= 0.6 is 0 Å². The fourth-order valence-corrected chi connectivity index (χ4v) is 2.48. The lowest BCUT2D eigenvalue weighted by molar-refractivity contribution is -0.119. The van der Waals surface area contributed by atoms with Gasteiger partial charge in [0.25, 0.3) is 5.91 Å². The zero-order valence-electron chi connectivity index (χ0n) is 13.7. The molecule has 1 aromatic carbocycles. The Morgan fingerprint density at radius 2 is 1.76 bits per heavy atom. The number of ether oxygens (including phenoxy) is 2. The number of anilines is 2. The lowest BCUT2D eigenvalue weighted by atomic mass is 10.2. The quantitative estimate of drug-likeness (QED) is 0.834. The summed E-state index contributed by atoms with van der Waals surface area (Å²) in [6, 6.07) is 10.6. The van der Waals surface area contributed by atoms with E-state index in [2.05, 4.69) is 15.2 Å². The summed E-state index contributed by atoms with van der Waals surface area (Å²) < 4.78 is 10.3. The summed E-state index contributed by atoms with van der Waals surface area (Å²) in [6.07, 6.45) is 2.99. The minimum Gasteiger partial charge on any atom is -0.452 e. The SMILES string of the molecule is O=C(COC(=O)c1ccncc1)Nc1ccc(N2CCOCC2)cc1. The van der Waals surface area contributed by atoms with E-state index in [4.69, 9.17) is 9.47 Å². The van der Waals surface area contributed by atoms with E-state index in [1.807, 2.05) is 24.3 Å². The fourth-order valence-electron chi connectivity index (χ4n) is 2.48. The molecule has 0 radical (unpaired) electrons. The molecule has 0 unspecified atom stereocenters. The van der Waals surface area contributed by atoms with Crippen LogP contribution in [0.1, 0.15) is 10.4 Å². The molecule has 2 heterocycles. The van der Waals surface area contributed by atoms with Crippen LogP contribution in [0.3, 0.4) is 0 Å². The van der Waals surface area contributed by atoms with Crippen LogP contribution in [0.4, 0.5) is 11.4 Å². The molecule has 1 saturated heterocycles. The van der Waals surface area contributed by atoms with Gasteiger partial charge in [0.15, 0.2) is 6.61 Å². The molecule has 0 saturated carbocycles. The lowest BCUT2D eigenvalue weighted by Crippen LogP contribution is -2.36. The molecule has 7 heteroatoms. The summed E-state index contributed by atoms with van der Waals surface area (Å²) in [5.74, 6) is -0.943. The van der Waals surface area contributed by atoms with Gasteiger partial charge in [-0.2, -0.15) is 0 Å². The average molecular weight is 341 g/mol. The van der Waals surface area contributed by atoms with Gasteiger partial charge in [-0.25, -0.2) is 4.79 Å². The standard InChI is InChI=1S/C18H19N3O4/c22-17(13-25-18(23)14-5-7-19-8-6-14)20-15-1-3-16(4-2-15)21-9-11-24-12-10-21/h1-8H,9-13H2,(H,20,22). The molecule has 1 aromatic heterocycles. The molecule has 1 amide bonds. The molecule has 0 spiro atoms. The van der Waals surface area contributed by atoms with Crippen LogP contribution in [-0.2, 0) is 14.3 Å². The predicted molar refractivity (Wildman–Crippen MR) is 92.6 cm³/mol. The van der Waals surface area contributed by atoms with Crippen molar-refractivity contribution in [1.29, 1.82) is 0 Å². The zero-order valence-corrected chi connectivity index (χ0v) is 13.7. The highest BCUT2D eigenvalue weighted by atomic mass is 16.5. The van der Waals surface area contributed by atoms with Gasteiger partial charge in [0.05, 0.1) is 18.8 Å². The van der Waals surface area contributed by atoms with Crippen molar-refractivity contribution in [3.05, 3.63) is 54.4 Å². The van der Waals surface area contributed by atoms with Crippen molar-refractivity contribution < 1.29 is 19.1 Å².